The van der Waals surface area contributed by atoms with Crippen LogP contribution in [0.25, 0.3) is 17.1 Å². The van der Waals surface area contributed by atoms with Gasteiger partial charge in [0.25, 0.3) is 0 Å². The first kappa shape index (κ1) is 24.2. The van der Waals surface area contributed by atoms with Crippen LogP contribution in [0.1, 0.15) is 5.56 Å². The lowest BCUT2D eigenvalue weighted by atomic mass is 10.2. The minimum absolute atomic E-state index is 0.133. The summed E-state index contributed by atoms with van der Waals surface area (Å²) in [5.74, 6) is 1.39. The summed E-state index contributed by atoms with van der Waals surface area (Å²) in [5.41, 5.74) is 8.23. The average Bonchev–Trinajstić information content (AvgIpc) is 3.35. The topological polar surface area (TPSA) is 93.1 Å². The Bertz CT molecular complexity index is 1260. The summed E-state index contributed by atoms with van der Waals surface area (Å²) in [4.78, 5) is 12.4. The maximum absolute atomic E-state index is 12.4. The molecule has 3 N–H and O–H groups in total. The molecule has 0 spiro atoms. The largest absolute Gasteiger partial charge is 0.497 e. The highest BCUT2D eigenvalue weighted by Gasteiger charge is 2.17. The van der Waals surface area contributed by atoms with Gasteiger partial charge in [-0.05, 0) is 42.0 Å². The Morgan fingerprint density at radius 2 is 1.63 bits per heavy atom. The van der Waals surface area contributed by atoms with Crippen LogP contribution in [-0.4, -0.2) is 38.6 Å². The lowest BCUT2D eigenvalue weighted by Gasteiger charge is -2.12. The van der Waals surface area contributed by atoms with Gasteiger partial charge in [-0.3, -0.25) is 20.2 Å². The number of hydrazine groups is 1. The number of hydrogen-bond acceptors (Lipinski definition) is 6. The minimum atomic E-state index is -0.243. The minimum Gasteiger partial charge on any atom is -0.497 e. The van der Waals surface area contributed by atoms with Crippen LogP contribution >= 0.6 is 24.0 Å². The van der Waals surface area contributed by atoms with Crippen molar-refractivity contribution in [2.24, 2.45) is 0 Å². The normalized spacial score (nSPS) is 10.4. The number of hydrogen-bond donors (Lipinski definition) is 3. The first-order chi connectivity index (χ1) is 17.1. The molecular weight excluding hydrogens is 480 g/mol. The number of methoxy groups -OCH3 is 1. The Labute approximate surface area is 213 Å². The lowest BCUT2D eigenvalue weighted by Crippen LogP contribution is -2.47. The van der Waals surface area contributed by atoms with Crippen molar-refractivity contribution >= 4 is 35.0 Å². The molecule has 1 amide bonds. The number of rotatable bonds is 8. The van der Waals surface area contributed by atoms with Gasteiger partial charge in [-0.15, -0.1) is 10.2 Å². The van der Waals surface area contributed by atoms with Crippen LogP contribution in [0.5, 0.6) is 5.75 Å². The molecule has 8 nitrogen and oxygen atoms in total. The number of carbonyl (C=O) groups is 1. The van der Waals surface area contributed by atoms with Gasteiger partial charge >= 0.3 is 0 Å². The molecule has 178 valence electrons. The Kier molecular flexibility index (Phi) is 8.31. The summed E-state index contributed by atoms with van der Waals surface area (Å²) < 4.78 is 7.10. The van der Waals surface area contributed by atoms with Crippen molar-refractivity contribution < 1.29 is 9.53 Å². The molecule has 3 aromatic carbocycles. The molecule has 0 saturated carbocycles. The van der Waals surface area contributed by atoms with Crippen molar-refractivity contribution in [3.05, 3.63) is 90.5 Å². The van der Waals surface area contributed by atoms with Crippen molar-refractivity contribution in [1.82, 2.24) is 30.9 Å². The van der Waals surface area contributed by atoms with Crippen LogP contribution in [0.2, 0.25) is 0 Å². The molecule has 0 aliphatic carbocycles. The summed E-state index contributed by atoms with van der Waals surface area (Å²) in [6.07, 6.45) is 0. The lowest BCUT2D eigenvalue weighted by molar-refractivity contribution is -0.119. The highest BCUT2D eigenvalue weighted by Crippen LogP contribution is 2.27. The molecular formula is C25H24N6O2S2. The van der Waals surface area contributed by atoms with Gasteiger partial charge in [0.1, 0.15) is 5.75 Å². The second-order valence-electron chi connectivity index (χ2n) is 7.34. The summed E-state index contributed by atoms with van der Waals surface area (Å²) in [6.45, 7) is 0.517. The fraction of sp³-hybridized carbons (Fsp3) is 0.120. The number of aromatic nitrogens is 3. The van der Waals surface area contributed by atoms with Gasteiger partial charge in [-0.25, -0.2) is 0 Å². The van der Waals surface area contributed by atoms with Gasteiger partial charge in [0.2, 0.25) is 5.91 Å². The fourth-order valence-electron chi connectivity index (χ4n) is 3.21. The van der Waals surface area contributed by atoms with Crippen LogP contribution in [-0.2, 0) is 11.3 Å². The van der Waals surface area contributed by atoms with Crippen molar-refractivity contribution in [2.45, 2.75) is 11.7 Å². The average molecular weight is 505 g/mol. The number of carbonyl (C=O) groups excluding carboxylic acids is 1. The summed E-state index contributed by atoms with van der Waals surface area (Å²) >= 11 is 6.54. The van der Waals surface area contributed by atoms with E-state index < -0.39 is 0 Å². The molecule has 0 radical (unpaired) electrons. The molecule has 1 aromatic heterocycles. The van der Waals surface area contributed by atoms with E-state index in [0.29, 0.717) is 22.6 Å². The third kappa shape index (κ3) is 6.58. The molecule has 4 aromatic rings. The van der Waals surface area contributed by atoms with E-state index in [-0.39, 0.29) is 11.7 Å². The van der Waals surface area contributed by atoms with Gasteiger partial charge in [-0.1, -0.05) is 72.4 Å². The van der Waals surface area contributed by atoms with E-state index >= 15 is 0 Å². The van der Waals surface area contributed by atoms with Crippen LogP contribution in [0.3, 0.4) is 0 Å². The first-order valence-corrected chi connectivity index (χ1v) is 12.2. The van der Waals surface area contributed by atoms with Crippen molar-refractivity contribution in [3.63, 3.8) is 0 Å². The molecule has 0 aliphatic heterocycles. The van der Waals surface area contributed by atoms with Crippen molar-refractivity contribution in [2.75, 3.05) is 12.9 Å². The number of nitrogens with zero attached hydrogens (tertiary/aromatic N) is 3. The molecule has 0 unspecified atom stereocenters. The monoisotopic (exact) mass is 504 g/mol. The number of thiocarbonyl (C=S) groups is 1. The zero-order valence-electron chi connectivity index (χ0n) is 19.0. The SMILES string of the molecule is COc1ccc(CNC(=S)NNC(=O)CSc2nnc(-c3ccccc3)n2-c2ccccc2)cc1. The number of ether oxygens (including phenoxy) is 1. The standard InChI is InChI=1S/C25H24N6O2S2/c1-33-21-14-12-18(13-15-21)16-26-24(34)29-27-22(32)17-35-25-30-28-23(19-8-4-2-5-9-19)31(25)20-10-6-3-7-11-20/h2-15H,16-17H2,1H3,(H,27,32)(H2,26,29,34). The Morgan fingerprint density at radius 3 is 2.31 bits per heavy atom. The highest BCUT2D eigenvalue weighted by molar-refractivity contribution is 7.99. The molecule has 4 rings (SSSR count). The van der Waals surface area contributed by atoms with E-state index in [2.05, 4.69) is 26.4 Å². The Balaban J connectivity index is 1.33. The first-order valence-electron chi connectivity index (χ1n) is 10.8. The molecule has 0 saturated heterocycles. The van der Waals surface area contributed by atoms with Crippen LogP contribution < -0.4 is 20.9 Å². The van der Waals surface area contributed by atoms with E-state index in [1.54, 1.807) is 7.11 Å². The van der Waals surface area contributed by atoms with Crippen LogP contribution in [0.4, 0.5) is 0 Å². The Morgan fingerprint density at radius 1 is 0.943 bits per heavy atom. The number of para-hydroxylation sites is 1. The van der Waals surface area contributed by atoms with Gasteiger partial charge in [0.05, 0.1) is 12.9 Å². The smallest absolute Gasteiger partial charge is 0.248 e. The Hall–Kier alpha value is -3.89. The van der Waals surface area contributed by atoms with Gasteiger partial charge in [0, 0.05) is 17.8 Å². The third-order valence-electron chi connectivity index (χ3n) is 4.94. The van der Waals surface area contributed by atoms with E-state index in [0.717, 1.165) is 22.6 Å². The predicted octanol–water partition coefficient (Wildman–Crippen LogP) is 3.73. The summed E-state index contributed by atoms with van der Waals surface area (Å²) in [5, 5.41) is 12.7. The van der Waals surface area contributed by atoms with E-state index in [4.69, 9.17) is 17.0 Å². The number of nitrogens with one attached hydrogen (secondary N) is 3. The maximum Gasteiger partial charge on any atom is 0.248 e. The van der Waals surface area contributed by atoms with Gasteiger partial charge in [0.15, 0.2) is 16.1 Å². The molecule has 0 atom stereocenters. The molecule has 1 heterocycles. The number of benzene rings is 3. The zero-order chi connectivity index (χ0) is 24.5. The third-order valence-corrected chi connectivity index (χ3v) is 6.12. The molecule has 0 fully saturated rings. The van der Waals surface area contributed by atoms with Gasteiger partial charge in [-0.2, -0.15) is 0 Å². The van der Waals surface area contributed by atoms with Gasteiger partial charge < -0.3 is 10.1 Å². The summed E-state index contributed by atoms with van der Waals surface area (Å²) in [7, 11) is 1.63. The van der Waals surface area contributed by atoms with Crippen LogP contribution in [0, 0.1) is 0 Å². The molecule has 0 aliphatic rings. The second kappa shape index (κ2) is 12.0. The molecule has 0 bridgehead atoms. The number of amides is 1. The predicted molar refractivity (Wildman–Crippen MR) is 141 cm³/mol. The fourth-order valence-corrected chi connectivity index (χ4v) is 4.09. The van der Waals surface area contributed by atoms with Crippen molar-refractivity contribution in [3.8, 4) is 22.8 Å². The number of thioether (sulfide) groups is 1. The summed E-state index contributed by atoms with van der Waals surface area (Å²) in [6, 6.07) is 27.3. The van der Waals surface area contributed by atoms with E-state index in [1.807, 2.05) is 89.5 Å². The van der Waals surface area contributed by atoms with E-state index in [9.17, 15) is 4.79 Å². The quantitative estimate of drug-likeness (QED) is 0.190. The molecule has 10 heteroatoms. The second-order valence-corrected chi connectivity index (χ2v) is 8.69. The highest BCUT2D eigenvalue weighted by atomic mass is 32.2. The van der Waals surface area contributed by atoms with Crippen molar-refractivity contribution in [1.29, 1.82) is 0 Å². The maximum atomic E-state index is 12.4. The zero-order valence-corrected chi connectivity index (χ0v) is 20.6. The van der Waals surface area contributed by atoms with Crippen LogP contribution in [0.15, 0.2) is 90.1 Å². The molecule has 35 heavy (non-hydrogen) atoms. The van der Waals surface area contributed by atoms with E-state index in [1.165, 1.54) is 11.8 Å².